The number of hydrogen-bond acceptors (Lipinski definition) is 4. The molecule has 3 aliphatic rings. The van der Waals surface area contributed by atoms with Crippen molar-refractivity contribution in [2.24, 2.45) is 10.4 Å². The minimum absolute atomic E-state index is 0. The molecule has 3 saturated heterocycles. The van der Waals surface area contributed by atoms with Crippen LogP contribution >= 0.6 is 35.7 Å². The molecule has 0 amide bonds. The van der Waals surface area contributed by atoms with Crippen LogP contribution in [0.2, 0.25) is 0 Å². The molecule has 0 aromatic heterocycles. The van der Waals surface area contributed by atoms with Crippen LogP contribution < -0.4 is 5.32 Å². The standard InChI is InChI=1S/C16H30N4OS.HI/c1-17-14(18-10-16(19(2)3)6-9-22-13-16)20-7-4-15(11-20)5-8-21-12-15;/h4-13H2,1-3H3,(H,17,18);1H. The lowest BCUT2D eigenvalue weighted by atomic mass is 9.87. The number of likely N-dealkylation sites (tertiary alicyclic amines) is 1. The molecule has 0 aromatic rings. The van der Waals surface area contributed by atoms with E-state index in [9.17, 15) is 0 Å². The molecule has 3 fully saturated rings. The van der Waals surface area contributed by atoms with E-state index in [1.54, 1.807) is 0 Å². The molecule has 0 aliphatic carbocycles. The fraction of sp³-hybridized carbons (Fsp3) is 0.938. The van der Waals surface area contributed by atoms with Crippen molar-refractivity contribution in [2.75, 3.05) is 65.5 Å². The Balaban J connectivity index is 0.00000192. The third-order valence-electron chi connectivity index (χ3n) is 5.74. The van der Waals surface area contributed by atoms with Gasteiger partial charge >= 0.3 is 0 Å². The van der Waals surface area contributed by atoms with Crippen molar-refractivity contribution >= 4 is 41.7 Å². The molecule has 2 unspecified atom stereocenters. The smallest absolute Gasteiger partial charge is 0.193 e. The highest BCUT2D eigenvalue weighted by atomic mass is 127. The fourth-order valence-electron chi connectivity index (χ4n) is 3.91. The molecule has 3 heterocycles. The van der Waals surface area contributed by atoms with E-state index in [2.05, 4.69) is 46.0 Å². The van der Waals surface area contributed by atoms with Crippen molar-refractivity contribution in [3.63, 3.8) is 0 Å². The number of guanidine groups is 1. The quantitative estimate of drug-likeness (QED) is 0.400. The van der Waals surface area contributed by atoms with Crippen molar-refractivity contribution in [3.8, 4) is 0 Å². The molecule has 2 atom stereocenters. The molecule has 0 radical (unpaired) electrons. The number of ether oxygens (including phenoxy) is 1. The zero-order valence-corrected chi connectivity index (χ0v) is 17.8. The predicted octanol–water partition coefficient (Wildman–Crippen LogP) is 1.73. The van der Waals surface area contributed by atoms with E-state index in [0.717, 1.165) is 38.8 Å². The van der Waals surface area contributed by atoms with Crippen LogP contribution in [0.1, 0.15) is 19.3 Å². The van der Waals surface area contributed by atoms with Crippen molar-refractivity contribution in [1.29, 1.82) is 0 Å². The largest absolute Gasteiger partial charge is 0.381 e. The van der Waals surface area contributed by atoms with Gasteiger partial charge in [-0.25, -0.2) is 0 Å². The molecule has 1 N–H and O–H groups in total. The van der Waals surface area contributed by atoms with Crippen LogP contribution in [-0.2, 0) is 4.74 Å². The van der Waals surface area contributed by atoms with Crippen molar-refractivity contribution < 1.29 is 4.74 Å². The van der Waals surface area contributed by atoms with E-state index in [-0.39, 0.29) is 29.5 Å². The number of nitrogens with zero attached hydrogens (tertiary/aromatic N) is 3. The maximum atomic E-state index is 5.64. The summed E-state index contributed by atoms with van der Waals surface area (Å²) in [6.07, 6.45) is 3.70. The van der Waals surface area contributed by atoms with E-state index in [4.69, 9.17) is 4.74 Å². The van der Waals surface area contributed by atoms with Gasteiger partial charge in [0.15, 0.2) is 5.96 Å². The second-order valence-corrected chi connectivity index (χ2v) is 8.40. The Kier molecular flexibility index (Phi) is 6.90. The summed E-state index contributed by atoms with van der Waals surface area (Å²) in [7, 11) is 6.32. The van der Waals surface area contributed by atoms with Gasteiger partial charge in [0.25, 0.3) is 0 Å². The summed E-state index contributed by atoms with van der Waals surface area (Å²) in [6.45, 7) is 5.04. The summed E-state index contributed by atoms with van der Waals surface area (Å²) < 4.78 is 5.64. The van der Waals surface area contributed by atoms with E-state index < -0.39 is 0 Å². The summed E-state index contributed by atoms with van der Waals surface area (Å²) in [5.41, 5.74) is 0.661. The summed E-state index contributed by atoms with van der Waals surface area (Å²) in [5.74, 6) is 3.55. The molecule has 3 rings (SSSR count). The number of nitrogens with one attached hydrogen (secondary N) is 1. The van der Waals surface area contributed by atoms with Gasteiger partial charge in [-0.15, -0.1) is 24.0 Å². The van der Waals surface area contributed by atoms with E-state index in [0.29, 0.717) is 5.41 Å². The van der Waals surface area contributed by atoms with E-state index in [1.807, 2.05) is 7.05 Å². The van der Waals surface area contributed by atoms with Gasteiger partial charge in [-0.1, -0.05) is 0 Å². The Morgan fingerprint density at radius 3 is 2.74 bits per heavy atom. The highest BCUT2D eigenvalue weighted by Gasteiger charge is 2.43. The number of thioether (sulfide) groups is 1. The number of hydrogen-bond donors (Lipinski definition) is 1. The molecule has 7 heteroatoms. The highest BCUT2D eigenvalue weighted by molar-refractivity contribution is 14.0. The van der Waals surface area contributed by atoms with Gasteiger partial charge in [0.2, 0.25) is 0 Å². The summed E-state index contributed by atoms with van der Waals surface area (Å²) in [4.78, 5) is 9.36. The van der Waals surface area contributed by atoms with Gasteiger partial charge in [-0.2, -0.15) is 11.8 Å². The first-order valence-corrected chi connectivity index (χ1v) is 9.53. The molecule has 1 spiro atoms. The topological polar surface area (TPSA) is 40.1 Å². The number of halogens is 1. The maximum absolute atomic E-state index is 5.64. The normalized spacial score (nSPS) is 34.4. The molecule has 5 nitrogen and oxygen atoms in total. The molecule has 3 aliphatic heterocycles. The van der Waals surface area contributed by atoms with Gasteiger partial charge in [0, 0.05) is 50.0 Å². The zero-order chi connectivity index (χ0) is 15.6. The van der Waals surface area contributed by atoms with Crippen molar-refractivity contribution in [2.45, 2.75) is 24.8 Å². The minimum Gasteiger partial charge on any atom is -0.381 e. The Morgan fingerprint density at radius 2 is 2.17 bits per heavy atom. The molecule has 23 heavy (non-hydrogen) atoms. The monoisotopic (exact) mass is 454 g/mol. The first-order chi connectivity index (χ1) is 10.6. The van der Waals surface area contributed by atoms with Crippen LogP contribution in [0.4, 0.5) is 0 Å². The Bertz CT molecular complexity index is 420. The van der Waals surface area contributed by atoms with Crippen molar-refractivity contribution in [1.82, 2.24) is 15.1 Å². The van der Waals surface area contributed by atoms with Crippen molar-refractivity contribution in [3.05, 3.63) is 0 Å². The number of likely N-dealkylation sites (N-methyl/N-ethyl adjacent to an activating group) is 1. The summed E-state index contributed by atoms with van der Waals surface area (Å²) in [6, 6.07) is 0. The Hall–Kier alpha value is 0.270. The van der Waals surface area contributed by atoms with Gasteiger partial charge in [0.05, 0.1) is 6.61 Å². The number of aliphatic imine (C=N–C) groups is 1. The molecule has 0 aromatic carbocycles. The molecular formula is C16H31IN4OS. The lowest BCUT2D eigenvalue weighted by Gasteiger charge is -2.37. The first-order valence-electron chi connectivity index (χ1n) is 8.38. The Labute approximate surface area is 162 Å². The molecule has 134 valence electrons. The second-order valence-electron chi connectivity index (χ2n) is 7.30. The zero-order valence-electron chi connectivity index (χ0n) is 14.6. The van der Waals surface area contributed by atoms with Crippen LogP contribution in [0.25, 0.3) is 0 Å². The fourth-order valence-corrected chi connectivity index (χ4v) is 5.46. The van der Waals surface area contributed by atoms with Gasteiger partial charge < -0.3 is 19.9 Å². The van der Waals surface area contributed by atoms with Crippen LogP contribution in [0.5, 0.6) is 0 Å². The Morgan fingerprint density at radius 1 is 1.35 bits per heavy atom. The van der Waals surface area contributed by atoms with E-state index in [1.165, 1.54) is 30.8 Å². The lowest BCUT2D eigenvalue weighted by molar-refractivity contribution is 0.156. The molecular weight excluding hydrogens is 423 g/mol. The predicted molar refractivity (Wildman–Crippen MR) is 109 cm³/mol. The SMILES string of the molecule is CN=C(NCC1(N(C)C)CCSC1)N1CCC2(CCOC2)C1.I. The minimum atomic E-state index is 0. The van der Waals surface area contributed by atoms with Crippen LogP contribution in [0.3, 0.4) is 0 Å². The number of rotatable bonds is 3. The molecule has 0 saturated carbocycles. The lowest BCUT2D eigenvalue weighted by Crippen LogP contribution is -2.55. The van der Waals surface area contributed by atoms with E-state index >= 15 is 0 Å². The highest BCUT2D eigenvalue weighted by Crippen LogP contribution is 2.38. The average Bonchev–Trinajstić information content (AvgIpc) is 3.24. The first kappa shape index (κ1) is 19.6. The van der Waals surface area contributed by atoms with Crippen LogP contribution in [0.15, 0.2) is 4.99 Å². The van der Waals surface area contributed by atoms with Crippen LogP contribution in [0, 0.1) is 5.41 Å². The van der Waals surface area contributed by atoms with Gasteiger partial charge in [-0.3, -0.25) is 4.99 Å². The average molecular weight is 454 g/mol. The van der Waals surface area contributed by atoms with Gasteiger partial charge in [-0.05, 0) is 39.1 Å². The third-order valence-corrected chi connectivity index (χ3v) is 6.98. The summed E-state index contributed by atoms with van der Waals surface area (Å²) >= 11 is 2.06. The third kappa shape index (κ3) is 4.10. The molecule has 0 bridgehead atoms. The maximum Gasteiger partial charge on any atom is 0.193 e. The second kappa shape index (κ2) is 8.10. The van der Waals surface area contributed by atoms with Crippen LogP contribution in [-0.4, -0.2) is 86.8 Å². The van der Waals surface area contributed by atoms with Gasteiger partial charge in [0.1, 0.15) is 0 Å². The summed E-state index contributed by atoms with van der Waals surface area (Å²) in [5, 5.41) is 3.66.